The van der Waals surface area contributed by atoms with Crippen LogP contribution in [0.3, 0.4) is 0 Å². The summed E-state index contributed by atoms with van der Waals surface area (Å²) in [6.07, 6.45) is 4.49. The second-order valence-electron chi connectivity index (χ2n) is 8.82. The number of nitrogens with two attached hydrogens (primary N) is 1. The van der Waals surface area contributed by atoms with Crippen molar-refractivity contribution in [1.29, 1.82) is 0 Å². The van der Waals surface area contributed by atoms with Crippen LogP contribution in [0.2, 0.25) is 0 Å². The molecule has 2 aromatic carbocycles. The number of imidazole rings is 2. The largest absolute Gasteiger partial charge is 0.368 e. The lowest BCUT2D eigenvalue weighted by Gasteiger charge is -2.13. The molecule has 5 rings (SSSR count). The van der Waals surface area contributed by atoms with Crippen molar-refractivity contribution in [3.05, 3.63) is 54.6 Å². The van der Waals surface area contributed by atoms with Crippen LogP contribution in [-0.4, -0.2) is 51.4 Å². The van der Waals surface area contributed by atoms with Gasteiger partial charge in [0.15, 0.2) is 0 Å². The van der Waals surface area contributed by atoms with Gasteiger partial charge in [-0.1, -0.05) is 18.2 Å². The van der Waals surface area contributed by atoms with Crippen molar-refractivity contribution < 1.29 is 25.8 Å². The lowest BCUT2D eigenvalue weighted by Crippen LogP contribution is -2.23. The Morgan fingerprint density at radius 2 is 1.75 bits per heavy atom. The second kappa shape index (κ2) is 9.30. The van der Waals surface area contributed by atoms with E-state index < -0.39 is 25.4 Å². The molecule has 4 aromatic rings. The first-order valence-corrected chi connectivity index (χ1v) is 14.4. The first-order valence-electron chi connectivity index (χ1n) is 11.1. The molecule has 0 aliphatic heterocycles. The van der Waals surface area contributed by atoms with E-state index in [-0.39, 0.29) is 11.8 Å². The third-order valence-electron chi connectivity index (χ3n) is 5.62. The molecule has 0 saturated heterocycles. The molecule has 0 unspecified atom stereocenters. The number of rotatable bonds is 5. The number of hydrogen-bond acceptors (Lipinski definition) is 7. The molecule has 10 nitrogen and oxygen atoms in total. The molecule has 0 radical (unpaired) electrons. The zero-order chi connectivity index (χ0) is 26.4. The van der Waals surface area contributed by atoms with Crippen LogP contribution in [0.25, 0.3) is 33.5 Å². The van der Waals surface area contributed by atoms with Crippen LogP contribution in [0.4, 0.5) is 10.3 Å². The van der Waals surface area contributed by atoms with Gasteiger partial charge in [-0.25, -0.2) is 26.7 Å². The van der Waals surface area contributed by atoms with Gasteiger partial charge in [0, 0.05) is 17.2 Å². The van der Waals surface area contributed by atoms with Crippen molar-refractivity contribution in [1.82, 2.24) is 18.5 Å². The number of halogens is 1. The minimum atomic E-state index is -3.71. The number of nitrogens with zero attached hydrogens (tertiary/aromatic N) is 4. The number of benzene rings is 2. The Labute approximate surface area is 208 Å². The highest BCUT2D eigenvalue weighted by Crippen LogP contribution is 2.43. The van der Waals surface area contributed by atoms with Crippen molar-refractivity contribution in [3.8, 4) is 22.5 Å². The van der Waals surface area contributed by atoms with Gasteiger partial charge < -0.3 is 10.3 Å². The SMILES string of the molecule is CC(C)S(=O)(=O)n1c(N)nc2ccc(-c3c(-c4ccccc4F)ncn3C3CC3)cc21.CS(=O)(=O)O. The van der Waals surface area contributed by atoms with Crippen LogP contribution in [0, 0.1) is 5.82 Å². The fourth-order valence-electron chi connectivity index (χ4n) is 3.83. The Morgan fingerprint density at radius 3 is 2.33 bits per heavy atom. The molecule has 1 aliphatic rings. The van der Waals surface area contributed by atoms with Crippen molar-refractivity contribution in [2.75, 3.05) is 12.0 Å². The molecule has 0 atom stereocenters. The Hall–Kier alpha value is -3.29. The second-order valence-corrected chi connectivity index (χ2v) is 12.6. The minimum Gasteiger partial charge on any atom is -0.368 e. The summed E-state index contributed by atoms with van der Waals surface area (Å²) < 4.78 is 69.5. The van der Waals surface area contributed by atoms with E-state index in [4.69, 9.17) is 10.3 Å². The van der Waals surface area contributed by atoms with Gasteiger partial charge in [-0.05, 0) is 51.0 Å². The van der Waals surface area contributed by atoms with Gasteiger partial charge in [0.2, 0.25) is 16.0 Å². The molecule has 2 heterocycles. The first-order chi connectivity index (χ1) is 16.8. The Morgan fingerprint density at radius 1 is 1.11 bits per heavy atom. The summed E-state index contributed by atoms with van der Waals surface area (Å²) in [5.41, 5.74) is 9.27. The number of fused-ring (bicyclic) bond motifs is 1. The van der Waals surface area contributed by atoms with Crippen LogP contribution in [-0.2, 0) is 20.1 Å². The van der Waals surface area contributed by atoms with Gasteiger partial charge >= 0.3 is 0 Å². The van der Waals surface area contributed by atoms with Gasteiger partial charge in [-0.2, -0.15) is 8.42 Å². The molecule has 13 heteroatoms. The standard InChI is InChI=1S/C22H22FN5O2S.CH4O3S/c1-13(2)31(29,30)28-19-11-14(7-10-18(19)26-22(28)24)21-20(16-5-3-4-6-17(16)23)25-12-27(21)15-8-9-15;1-5(2,3)4/h3-7,10-13,15H,8-9H2,1-2H3,(H2,24,26);1H3,(H,2,3,4). The summed E-state index contributed by atoms with van der Waals surface area (Å²) in [7, 11) is -7.38. The predicted molar refractivity (Wildman–Crippen MR) is 136 cm³/mol. The maximum atomic E-state index is 14.6. The van der Waals surface area contributed by atoms with E-state index in [0.717, 1.165) is 28.1 Å². The normalized spacial score (nSPS) is 14.2. The summed E-state index contributed by atoms with van der Waals surface area (Å²) in [5, 5.41) is -0.665. The summed E-state index contributed by atoms with van der Waals surface area (Å²) in [5.74, 6) is -0.437. The number of hydrogen-bond donors (Lipinski definition) is 2. The molecular weight excluding hydrogens is 509 g/mol. The summed E-state index contributed by atoms with van der Waals surface area (Å²) >= 11 is 0. The topological polar surface area (TPSA) is 150 Å². The highest BCUT2D eigenvalue weighted by Gasteiger charge is 2.30. The van der Waals surface area contributed by atoms with Crippen molar-refractivity contribution in [2.45, 2.75) is 38.0 Å². The van der Waals surface area contributed by atoms with Gasteiger partial charge in [0.05, 0.1) is 40.3 Å². The van der Waals surface area contributed by atoms with E-state index in [2.05, 4.69) is 9.97 Å². The van der Waals surface area contributed by atoms with Crippen molar-refractivity contribution >= 4 is 37.1 Å². The number of anilines is 1. The van der Waals surface area contributed by atoms with Crippen LogP contribution in [0.15, 0.2) is 48.8 Å². The molecule has 192 valence electrons. The molecule has 1 saturated carbocycles. The molecular formula is C23H26FN5O5S2. The fourth-order valence-corrected chi connectivity index (χ4v) is 4.97. The third-order valence-corrected chi connectivity index (χ3v) is 7.71. The van der Waals surface area contributed by atoms with Crippen LogP contribution >= 0.6 is 0 Å². The van der Waals surface area contributed by atoms with E-state index >= 15 is 0 Å². The zero-order valence-electron chi connectivity index (χ0n) is 19.8. The molecule has 1 aliphatic carbocycles. The Balaban J connectivity index is 0.000000556. The molecule has 0 spiro atoms. The van der Waals surface area contributed by atoms with E-state index in [1.165, 1.54) is 6.07 Å². The Bertz CT molecular complexity index is 1650. The molecule has 0 amide bonds. The van der Waals surface area contributed by atoms with Gasteiger partial charge in [0.25, 0.3) is 10.1 Å². The van der Waals surface area contributed by atoms with Crippen molar-refractivity contribution in [3.63, 3.8) is 0 Å². The van der Waals surface area contributed by atoms with Gasteiger partial charge in [-0.3, -0.25) is 4.55 Å². The quantitative estimate of drug-likeness (QED) is 0.367. The average molecular weight is 536 g/mol. The molecule has 0 bridgehead atoms. The zero-order valence-corrected chi connectivity index (χ0v) is 21.5. The van der Waals surface area contributed by atoms with Crippen LogP contribution in [0.1, 0.15) is 32.7 Å². The molecule has 36 heavy (non-hydrogen) atoms. The molecule has 1 fully saturated rings. The Kier molecular flexibility index (Phi) is 6.66. The fraction of sp³-hybridized carbons (Fsp3) is 0.304. The van der Waals surface area contributed by atoms with Gasteiger partial charge in [0.1, 0.15) is 5.82 Å². The van der Waals surface area contributed by atoms with E-state index in [1.54, 1.807) is 50.5 Å². The summed E-state index contributed by atoms with van der Waals surface area (Å²) in [4.78, 5) is 8.76. The minimum absolute atomic E-state index is 0.0779. The summed E-state index contributed by atoms with van der Waals surface area (Å²) in [6.45, 7) is 3.20. The number of nitrogen functional groups attached to an aromatic ring is 1. The van der Waals surface area contributed by atoms with E-state index in [0.29, 0.717) is 34.6 Å². The lowest BCUT2D eigenvalue weighted by molar-refractivity contribution is 0.490. The highest BCUT2D eigenvalue weighted by molar-refractivity contribution is 7.90. The van der Waals surface area contributed by atoms with Crippen LogP contribution in [0.5, 0.6) is 0 Å². The van der Waals surface area contributed by atoms with Crippen LogP contribution < -0.4 is 5.73 Å². The van der Waals surface area contributed by atoms with Crippen molar-refractivity contribution in [2.24, 2.45) is 0 Å². The maximum Gasteiger partial charge on any atom is 0.261 e. The smallest absolute Gasteiger partial charge is 0.261 e. The van der Waals surface area contributed by atoms with Gasteiger partial charge in [-0.15, -0.1) is 0 Å². The van der Waals surface area contributed by atoms with E-state index in [9.17, 15) is 21.2 Å². The highest BCUT2D eigenvalue weighted by atomic mass is 32.2. The summed E-state index contributed by atoms with van der Waals surface area (Å²) in [6, 6.07) is 12.1. The predicted octanol–water partition coefficient (Wildman–Crippen LogP) is 3.71. The maximum absolute atomic E-state index is 14.6. The molecule has 3 N–H and O–H groups in total. The average Bonchev–Trinajstić information content (AvgIpc) is 3.42. The monoisotopic (exact) mass is 535 g/mol. The number of aromatic nitrogens is 4. The third kappa shape index (κ3) is 5.13. The molecule has 2 aromatic heterocycles. The first kappa shape index (κ1) is 25.8. The van der Waals surface area contributed by atoms with E-state index in [1.807, 2.05) is 10.6 Å². The lowest BCUT2D eigenvalue weighted by atomic mass is 10.0.